The van der Waals surface area contributed by atoms with Gasteiger partial charge in [-0.3, -0.25) is 0 Å². The summed E-state index contributed by atoms with van der Waals surface area (Å²) in [6.07, 6.45) is 7.75. The standard InChI is InChI=1S/C15H22N2O2S/c1-3-11-8-10(15(18)19)9-14(16-11)17-12-6-4-5-7-13(12)20-2/h8-9,12-13H,3-7H2,1-2H3,(H,16,17)(H,18,19). The lowest BCUT2D eigenvalue weighted by molar-refractivity contribution is 0.0696. The predicted octanol–water partition coefficient (Wildman–Crippen LogP) is 3.43. The van der Waals surface area contributed by atoms with Gasteiger partial charge in [0.25, 0.3) is 0 Å². The monoisotopic (exact) mass is 294 g/mol. The highest BCUT2D eigenvalue weighted by Gasteiger charge is 2.24. The van der Waals surface area contributed by atoms with Crippen molar-refractivity contribution in [3.8, 4) is 0 Å². The van der Waals surface area contributed by atoms with Crippen molar-refractivity contribution in [2.45, 2.75) is 50.3 Å². The van der Waals surface area contributed by atoms with Gasteiger partial charge in [0.05, 0.1) is 5.56 Å². The summed E-state index contributed by atoms with van der Waals surface area (Å²) >= 11 is 1.89. The normalized spacial score (nSPS) is 22.5. The van der Waals surface area contributed by atoms with Gasteiger partial charge in [0, 0.05) is 17.0 Å². The van der Waals surface area contributed by atoms with Crippen molar-refractivity contribution in [3.05, 3.63) is 23.4 Å². The van der Waals surface area contributed by atoms with Crippen LogP contribution >= 0.6 is 11.8 Å². The van der Waals surface area contributed by atoms with Crippen LogP contribution in [0.1, 0.15) is 48.7 Å². The minimum Gasteiger partial charge on any atom is -0.478 e. The van der Waals surface area contributed by atoms with Gasteiger partial charge in [0.2, 0.25) is 0 Å². The van der Waals surface area contributed by atoms with Crippen molar-refractivity contribution < 1.29 is 9.90 Å². The van der Waals surface area contributed by atoms with Crippen LogP contribution in [0, 0.1) is 0 Å². The minimum atomic E-state index is -0.893. The highest BCUT2D eigenvalue weighted by atomic mass is 32.2. The number of nitrogens with one attached hydrogen (secondary N) is 1. The lowest BCUT2D eigenvalue weighted by Gasteiger charge is -2.31. The molecule has 5 heteroatoms. The Hall–Kier alpha value is -1.23. The van der Waals surface area contributed by atoms with E-state index in [0.717, 1.165) is 18.5 Å². The second-order valence-electron chi connectivity index (χ2n) is 5.20. The van der Waals surface area contributed by atoms with Crippen LogP contribution in [0.2, 0.25) is 0 Å². The molecule has 0 aromatic carbocycles. The summed E-state index contributed by atoms with van der Waals surface area (Å²) in [7, 11) is 0. The van der Waals surface area contributed by atoms with Gasteiger partial charge in [-0.1, -0.05) is 19.8 Å². The zero-order valence-corrected chi connectivity index (χ0v) is 12.9. The predicted molar refractivity (Wildman–Crippen MR) is 83.8 cm³/mol. The quantitative estimate of drug-likeness (QED) is 0.871. The first kappa shape index (κ1) is 15.2. The van der Waals surface area contributed by atoms with Gasteiger partial charge in [0.15, 0.2) is 0 Å². The lowest BCUT2D eigenvalue weighted by atomic mass is 9.95. The molecule has 1 saturated carbocycles. The molecule has 1 aliphatic carbocycles. The molecule has 1 aliphatic rings. The molecule has 0 radical (unpaired) electrons. The zero-order chi connectivity index (χ0) is 14.5. The van der Waals surface area contributed by atoms with Crippen LogP contribution in [0.15, 0.2) is 12.1 Å². The number of aromatic carboxylic acids is 1. The van der Waals surface area contributed by atoms with Crippen LogP contribution in [0.25, 0.3) is 0 Å². The minimum absolute atomic E-state index is 0.316. The Morgan fingerprint density at radius 1 is 1.45 bits per heavy atom. The molecule has 1 aromatic heterocycles. The average Bonchev–Trinajstić information content (AvgIpc) is 2.47. The molecule has 0 bridgehead atoms. The maximum atomic E-state index is 11.2. The van der Waals surface area contributed by atoms with E-state index in [0.29, 0.717) is 22.7 Å². The van der Waals surface area contributed by atoms with Crippen LogP contribution in [-0.2, 0) is 6.42 Å². The van der Waals surface area contributed by atoms with Crippen LogP contribution in [0.3, 0.4) is 0 Å². The van der Waals surface area contributed by atoms with Crippen molar-refractivity contribution >= 4 is 23.5 Å². The topological polar surface area (TPSA) is 62.2 Å². The molecule has 20 heavy (non-hydrogen) atoms. The molecule has 2 N–H and O–H groups in total. The second-order valence-corrected chi connectivity index (χ2v) is 6.28. The zero-order valence-electron chi connectivity index (χ0n) is 12.1. The van der Waals surface area contributed by atoms with Crippen molar-refractivity contribution in [1.82, 2.24) is 4.98 Å². The Bertz CT molecular complexity index is 479. The van der Waals surface area contributed by atoms with E-state index in [-0.39, 0.29) is 0 Å². The molecule has 1 fully saturated rings. The van der Waals surface area contributed by atoms with Gasteiger partial charge >= 0.3 is 5.97 Å². The first-order valence-electron chi connectivity index (χ1n) is 7.17. The first-order valence-corrected chi connectivity index (χ1v) is 8.46. The second kappa shape index (κ2) is 6.97. The molecule has 2 atom stereocenters. The molecule has 2 rings (SSSR count). The Morgan fingerprint density at radius 2 is 2.20 bits per heavy atom. The summed E-state index contributed by atoms with van der Waals surface area (Å²) in [5.74, 6) is -0.192. The SMILES string of the molecule is CCc1cc(C(=O)O)cc(NC2CCCCC2SC)n1. The molecule has 110 valence electrons. The number of thioether (sulfide) groups is 1. The summed E-state index contributed by atoms with van der Waals surface area (Å²) in [4.78, 5) is 15.7. The Morgan fingerprint density at radius 3 is 2.85 bits per heavy atom. The maximum Gasteiger partial charge on any atom is 0.335 e. The Kier molecular flexibility index (Phi) is 5.29. The number of aryl methyl sites for hydroxylation is 1. The van der Waals surface area contributed by atoms with Crippen LogP contribution in [0.4, 0.5) is 5.82 Å². The summed E-state index contributed by atoms with van der Waals surface area (Å²) in [6.45, 7) is 1.99. The molecule has 2 unspecified atom stereocenters. The smallest absolute Gasteiger partial charge is 0.335 e. The molecule has 1 aromatic rings. The van der Waals surface area contributed by atoms with Crippen LogP contribution in [-0.4, -0.2) is 33.6 Å². The third kappa shape index (κ3) is 3.66. The first-order chi connectivity index (χ1) is 9.63. The molecule has 0 saturated heterocycles. The van der Waals surface area contributed by atoms with Gasteiger partial charge in [0.1, 0.15) is 5.82 Å². The van der Waals surface area contributed by atoms with E-state index in [1.165, 1.54) is 19.3 Å². The summed E-state index contributed by atoms with van der Waals surface area (Å²) < 4.78 is 0. The van der Waals surface area contributed by atoms with Crippen molar-refractivity contribution in [1.29, 1.82) is 0 Å². The van der Waals surface area contributed by atoms with E-state index in [9.17, 15) is 9.90 Å². The molecule has 0 aliphatic heterocycles. The molecular weight excluding hydrogens is 272 g/mol. The molecule has 4 nitrogen and oxygen atoms in total. The summed E-state index contributed by atoms with van der Waals surface area (Å²) in [6, 6.07) is 3.69. The molecular formula is C15H22N2O2S. The number of anilines is 1. The number of hydrogen-bond acceptors (Lipinski definition) is 4. The Labute approximate surface area is 124 Å². The van der Waals surface area contributed by atoms with Gasteiger partial charge in [-0.15, -0.1) is 0 Å². The highest BCUT2D eigenvalue weighted by Crippen LogP contribution is 2.29. The number of carboxylic acid groups (broad SMARTS) is 1. The fourth-order valence-electron chi connectivity index (χ4n) is 2.70. The number of nitrogens with zero attached hydrogens (tertiary/aromatic N) is 1. The number of aromatic nitrogens is 1. The Balaban J connectivity index is 2.18. The highest BCUT2D eigenvalue weighted by molar-refractivity contribution is 7.99. The average molecular weight is 294 g/mol. The van der Waals surface area contributed by atoms with Crippen molar-refractivity contribution in [2.75, 3.05) is 11.6 Å². The number of pyridine rings is 1. The van der Waals surface area contributed by atoms with Crippen molar-refractivity contribution in [2.24, 2.45) is 0 Å². The summed E-state index contributed by atoms with van der Waals surface area (Å²) in [5.41, 5.74) is 1.14. The maximum absolute atomic E-state index is 11.2. The number of carboxylic acids is 1. The van der Waals surface area contributed by atoms with Crippen molar-refractivity contribution in [3.63, 3.8) is 0 Å². The van der Waals surface area contributed by atoms with E-state index < -0.39 is 5.97 Å². The lowest BCUT2D eigenvalue weighted by Crippen LogP contribution is -2.34. The number of hydrogen-bond donors (Lipinski definition) is 2. The molecule has 1 heterocycles. The number of rotatable bonds is 5. The fraction of sp³-hybridized carbons (Fsp3) is 0.600. The van der Waals surface area contributed by atoms with E-state index in [1.807, 2.05) is 18.7 Å². The molecule has 0 spiro atoms. The van der Waals surface area contributed by atoms with E-state index >= 15 is 0 Å². The van der Waals surface area contributed by atoms with E-state index in [1.54, 1.807) is 12.1 Å². The van der Waals surface area contributed by atoms with Gasteiger partial charge in [-0.2, -0.15) is 11.8 Å². The fourth-order valence-corrected chi connectivity index (χ4v) is 3.64. The third-order valence-corrected chi connectivity index (χ3v) is 5.00. The van der Waals surface area contributed by atoms with Gasteiger partial charge in [-0.25, -0.2) is 9.78 Å². The summed E-state index contributed by atoms with van der Waals surface area (Å²) in [5, 5.41) is 13.2. The van der Waals surface area contributed by atoms with Crippen LogP contribution < -0.4 is 5.32 Å². The van der Waals surface area contributed by atoms with E-state index in [2.05, 4.69) is 16.6 Å². The van der Waals surface area contributed by atoms with E-state index in [4.69, 9.17) is 0 Å². The van der Waals surface area contributed by atoms with Gasteiger partial charge in [-0.05, 0) is 37.7 Å². The third-order valence-electron chi connectivity index (χ3n) is 3.83. The van der Waals surface area contributed by atoms with Crippen LogP contribution in [0.5, 0.6) is 0 Å². The largest absolute Gasteiger partial charge is 0.478 e. The molecule has 0 amide bonds. The number of carbonyl (C=O) groups is 1. The van der Waals surface area contributed by atoms with Gasteiger partial charge < -0.3 is 10.4 Å².